The van der Waals surface area contributed by atoms with Gasteiger partial charge in [0.25, 0.3) is 0 Å². The summed E-state index contributed by atoms with van der Waals surface area (Å²) in [6.07, 6.45) is 2.37. The van der Waals surface area contributed by atoms with Crippen LogP contribution in [0.5, 0.6) is 0 Å². The highest BCUT2D eigenvalue weighted by molar-refractivity contribution is 14.0. The lowest BCUT2D eigenvalue weighted by Crippen LogP contribution is -2.38. The number of nitrogens with zero attached hydrogens (tertiary/aromatic N) is 2. The number of hydrogen-bond acceptors (Lipinski definition) is 2. The highest BCUT2D eigenvalue weighted by atomic mass is 127. The minimum atomic E-state index is 0. The first-order chi connectivity index (χ1) is 11.0. The predicted octanol–water partition coefficient (Wildman–Crippen LogP) is 3.79. The van der Waals surface area contributed by atoms with E-state index >= 15 is 0 Å². The molecule has 0 heterocycles. The standard InChI is InChI=1S/C19H34N4.HI/c1-6-20-19(21-13-9-10-14-23(5)16(2)3)22-15-18-12-8-7-11-17(18)4;/h7-8,11-12,16H,6,9-10,13-15H2,1-5H3,(H2,20,21,22);1H. The molecule has 1 rings (SSSR count). The molecule has 0 radical (unpaired) electrons. The Morgan fingerprint density at radius 3 is 2.50 bits per heavy atom. The molecule has 0 bridgehead atoms. The van der Waals surface area contributed by atoms with Gasteiger partial charge in [-0.05, 0) is 65.3 Å². The first-order valence-electron chi connectivity index (χ1n) is 8.81. The molecule has 0 aliphatic rings. The van der Waals surface area contributed by atoms with E-state index in [2.05, 4.69) is 79.5 Å². The van der Waals surface area contributed by atoms with Crippen molar-refractivity contribution < 1.29 is 0 Å². The molecule has 1 aromatic rings. The third-order valence-electron chi connectivity index (χ3n) is 4.12. The van der Waals surface area contributed by atoms with Crippen LogP contribution in [0.15, 0.2) is 29.3 Å². The lowest BCUT2D eigenvalue weighted by Gasteiger charge is -2.20. The van der Waals surface area contributed by atoms with Crippen LogP contribution in [0, 0.1) is 6.92 Å². The zero-order valence-corrected chi connectivity index (χ0v) is 18.3. The van der Waals surface area contributed by atoms with Crippen LogP contribution in [0.25, 0.3) is 0 Å². The molecular formula is C19H35IN4. The third kappa shape index (κ3) is 9.47. The zero-order chi connectivity index (χ0) is 17.1. The molecule has 1 aromatic carbocycles. The largest absolute Gasteiger partial charge is 0.357 e. The first-order valence-corrected chi connectivity index (χ1v) is 8.81. The Bertz CT molecular complexity index is 474. The molecule has 0 aliphatic heterocycles. The van der Waals surface area contributed by atoms with E-state index in [-0.39, 0.29) is 24.0 Å². The molecule has 5 heteroatoms. The van der Waals surface area contributed by atoms with Crippen molar-refractivity contribution >= 4 is 29.9 Å². The Hall–Kier alpha value is -0.820. The van der Waals surface area contributed by atoms with Crippen LogP contribution in [0.1, 0.15) is 44.7 Å². The van der Waals surface area contributed by atoms with Crippen LogP contribution in [0.3, 0.4) is 0 Å². The van der Waals surface area contributed by atoms with Crippen LogP contribution < -0.4 is 10.6 Å². The summed E-state index contributed by atoms with van der Waals surface area (Å²) < 4.78 is 0. The van der Waals surface area contributed by atoms with Crippen LogP contribution in [0.4, 0.5) is 0 Å². The molecule has 4 nitrogen and oxygen atoms in total. The van der Waals surface area contributed by atoms with E-state index in [0.29, 0.717) is 6.04 Å². The molecule has 0 aliphatic carbocycles. The average molecular weight is 446 g/mol. The van der Waals surface area contributed by atoms with Crippen molar-refractivity contribution in [3.8, 4) is 0 Å². The van der Waals surface area contributed by atoms with Gasteiger partial charge in [-0.3, -0.25) is 0 Å². The van der Waals surface area contributed by atoms with Crippen molar-refractivity contribution in [2.24, 2.45) is 4.99 Å². The van der Waals surface area contributed by atoms with E-state index in [4.69, 9.17) is 0 Å². The lowest BCUT2D eigenvalue weighted by molar-refractivity contribution is 0.268. The normalized spacial score (nSPS) is 11.5. The van der Waals surface area contributed by atoms with Crippen molar-refractivity contribution in [1.29, 1.82) is 0 Å². The van der Waals surface area contributed by atoms with Crippen molar-refractivity contribution in [3.05, 3.63) is 35.4 Å². The smallest absolute Gasteiger partial charge is 0.191 e. The lowest BCUT2D eigenvalue weighted by atomic mass is 10.1. The van der Waals surface area contributed by atoms with Crippen molar-refractivity contribution in [3.63, 3.8) is 0 Å². The molecular weight excluding hydrogens is 411 g/mol. The fourth-order valence-corrected chi connectivity index (χ4v) is 2.24. The summed E-state index contributed by atoms with van der Waals surface area (Å²) in [4.78, 5) is 7.08. The van der Waals surface area contributed by atoms with Gasteiger partial charge in [0.2, 0.25) is 0 Å². The number of aryl methyl sites for hydroxylation is 1. The molecule has 0 atom stereocenters. The number of hydrogen-bond donors (Lipinski definition) is 2. The number of unbranched alkanes of at least 4 members (excludes halogenated alkanes) is 1. The molecule has 0 spiro atoms. The zero-order valence-electron chi connectivity index (χ0n) is 15.9. The number of rotatable bonds is 9. The van der Waals surface area contributed by atoms with Crippen molar-refractivity contribution in [1.82, 2.24) is 15.5 Å². The molecule has 0 fully saturated rings. The Morgan fingerprint density at radius 1 is 1.17 bits per heavy atom. The van der Waals surface area contributed by atoms with Crippen molar-refractivity contribution in [2.75, 3.05) is 26.7 Å². The molecule has 138 valence electrons. The Labute approximate surface area is 165 Å². The minimum absolute atomic E-state index is 0. The quantitative estimate of drug-likeness (QED) is 0.263. The maximum absolute atomic E-state index is 4.69. The Balaban J connectivity index is 0.00000529. The SMILES string of the molecule is CCNC(=NCc1ccccc1C)NCCCCN(C)C(C)C.I. The molecule has 0 saturated carbocycles. The van der Waals surface area contributed by atoms with Gasteiger partial charge in [0.05, 0.1) is 6.54 Å². The third-order valence-corrected chi connectivity index (χ3v) is 4.12. The average Bonchev–Trinajstić information content (AvgIpc) is 2.53. The molecule has 24 heavy (non-hydrogen) atoms. The maximum Gasteiger partial charge on any atom is 0.191 e. The minimum Gasteiger partial charge on any atom is -0.357 e. The second kappa shape index (κ2) is 13.5. The number of halogens is 1. The number of guanidine groups is 1. The van der Waals surface area contributed by atoms with Gasteiger partial charge in [0.15, 0.2) is 5.96 Å². The van der Waals surface area contributed by atoms with E-state index in [1.165, 1.54) is 17.5 Å². The summed E-state index contributed by atoms with van der Waals surface area (Å²) in [5.41, 5.74) is 2.58. The fourth-order valence-electron chi connectivity index (χ4n) is 2.24. The van der Waals surface area contributed by atoms with Gasteiger partial charge in [-0.25, -0.2) is 4.99 Å². The summed E-state index contributed by atoms with van der Waals surface area (Å²) in [5, 5.41) is 6.75. The van der Waals surface area contributed by atoms with Gasteiger partial charge < -0.3 is 15.5 Å². The number of benzene rings is 1. The summed E-state index contributed by atoms with van der Waals surface area (Å²) in [6.45, 7) is 12.4. The van der Waals surface area contributed by atoms with Gasteiger partial charge in [-0.1, -0.05) is 24.3 Å². The second-order valence-corrected chi connectivity index (χ2v) is 6.33. The van der Waals surface area contributed by atoms with Gasteiger partial charge in [0.1, 0.15) is 0 Å². The van der Waals surface area contributed by atoms with Gasteiger partial charge in [-0.2, -0.15) is 0 Å². The molecule has 0 unspecified atom stereocenters. The van der Waals surface area contributed by atoms with E-state index in [9.17, 15) is 0 Å². The summed E-state index contributed by atoms with van der Waals surface area (Å²) in [5.74, 6) is 0.910. The Kier molecular flexibility index (Phi) is 13.0. The summed E-state index contributed by atoms with van der Waals surface area (Å²) in [6, 6.07) is 9.04. The van der Waals surface area contributed by atoms with Crippen LogP contribution >= 0.6 is 24.0 Å². The number of aliphatic imine (C=N–C) groups is 1. The van der Waals surface area contributed by atoms with Crippen LogP contribution in [-0.2, 0) is 6.54 Å². The summed E-state index contributed by atoms with van der Waals surface area (Å²) in [7, 11) is 2.19. The maximum atomic E-state index is 4.69. The van der Waals surface area contributed by atoms with Gasteiger partial charge >= 0.3 is 0 Å². The van der Waals surface area contributed by atoms with E-state index in [1.54, 1.807) is 0 Å². The van der Waals surface area contributed by atoms with Crippen LogP contribution in [-0.4, -0.2) is 43.6 Å². The van der Waals surface area contributed by atoms with Gasteiger partial charge in [0, 0.05) is 19.1 Å². The van der Waals surface area contributed by atoms with Crippen molar-refractivity contribution in [2.45, 2.75) is 53.1 Å². The molecule has 0 aromatic heterocycles. The fraction of sp³-hybridized carbons (Fsp3) is 0.632. The molecule has 0 saturated heterocycles. The Morgan fingerprint density at radius 2 is 1.88 bits per heavy atom. The predicted molar refractivity (Wildman–Crippen MR) is 116 cm³/mol. The number of nitrogens with one attached hydrogen (secondary N) is 2. The first kappa shape index (κ1) is 23.2. The monoisotopic (exact) mass is 446 g/mol. The van der Waals surface area contributed by atoms with Crippen LogP contribution in [0.2, 0.25) is 0 Å². The topological polar surface area (TPSA) is 39.7 Å². The highest BCUT2D eigenvalue weighted by Crippen LogP contribution is 2.07. The van der Waals surface area contributed by atoms with E-state index in [0.717, 1.165) is 38.6 Å². The van der Waals surface area contributed by atoms with E-state index in [1.807, 2.05) is 0 Å². The van der Waals surface area contributed by atoms with E-state index < -0.39 is 0 Å². The molecule has 0 amide bonds. The molecule has 2 N–H and O–H groups in total. The summed E-state index contributed by atoms with van der Waals surface area (Å²) >= 11 is 0. The highest BCUT2D eigenvalue weighted by Gasteiger charge is 2.03. The van der Waals surface area contributed by atoms with Gasteiger partial charge in [-0.15, -0.1) is 24.0 Å². The second-order valence-electron chi connectivity index (χ2n) is 6.33.